The van der Waals surface area contributed by atoms with Crippen LogP contribution in [-0.2, 0) is 40.2 Å². The van der Waals surface area contributed by atoms with Crippen LogP contribution >= 0.6 is 0 Å². The number of aromatic hydroxyl groups is 2. The Morgan fingerprint density at radius 1 is 1.15 bits per heavy atom. The second-order valence-electron chi connectivity index (χ2n) is 10.1. The van der Waals surface area contributed by atoms with Crippen LogP contribution < -0.4 is 4.74 Å². The molecule has 210 valence electrons. The van der Waals surface area contributed by atoms with Crippen molar-refractivity contribution < 1.29 is 73.6 Å². The van der Waals surface area contributed by atoms with E-state index in [4.69, 9.17) is 19.9 Å². The number of aliphatic hydroxyl groups excluding tert-OH is 2. The fraction of sp³-hybridized carbons (Fsp3) is 0.444. The number of carbonyl (C=O) groups is 3. The number of ether oxygens (including phenoxy) is 3. The number of methoxy groups -OCH3 is 1. The normalized spacial score (nSPS) is 29.1. The summed E-state index contributed by atoms with van der Waals surface area (Å²) in [7, 11) is 1.32. The molecule has 3 aliphatic rings. The van der Waals surface area contributed by atoms with Gasteiger partial charge in [-0.05, 0) is 19.4 Å². The molecule has 0 saturated carbocycles. The predicted octanol–water partition coefficient (Wildman–Crippen LogP) is 1.09. The number of phenolic OH excluding ortho intramolecular Hbond substituents is 2. The predicted molar refractivity (Wildman–Crippen MR) is 132 cm³/mol. The fourth-order valence-electron chi connectivity index (χ4n) is 5.71. The van der Waals surface area contributed by atoms with E-state index in [0.29, 0.717) is 0 Å². The van der Waals surface area contributed by atoms with Gasteiger partial charge < -0.3 is 45.5 Å². The average molecular weight is 608 g/mol. The first-order valence-electron chi connectivity index (χ1n) is 12.4. The summed E-state index contributed by atoms with van der Waals surface area (Å²) in [5.74, 6) is -3.84. The van der Waals surface area contributed by atoms with Crippen molar-refractivity contribution >= 4 is 17.3 Å². The Hall–Kier alpha value is -2.77. The molecule has 2 aliphatic carbocycles. The third-order valence-corrected chi connectivity index (χ3v) is 7.76. The second-order valence-corrected chi connectivity index (χ2v) is 10.1. The van der Waals surface area contributed by atoms with Gasteiger partial charge in [0.2, 0.25) is 5.78 Å². The van der Waals surface area contributed by atoms with E-state index >= 15 is 0 Å². The van der Waals surface area contributed by atoms with Gasteiger partial charge in [0.25, 0.3) is 0 Å². The van der Waals surface area contributed by atoms with E-state index in [9.17, 15) is 39.9 Å². The Balaban J connectivity index is 0.00000370. The SMILES string of the molecule is COc1cccc2c1C(=O)c1c(O)c3c(c(O)c1C2=O)C[C@@](O)(C(=O)CO)C[C@@H]3OC1CC([NH-])C(O)C(C)O1.[Zn]. The molecule has 1 fully saturated rings. The van der Waals surface area contributed by atoms with Gasteiger partial charge in [-0.3, -0.25) is 14.4 Å². The fourth-order valence-corrected chi connectivity index (χ4v) is 5.71. The number of phenols is 2. The van der Waals surface area contributed by atoms with Crippen LogP contribution in [0.5, 0.6) is 17.2 Å². The van der Waals surface area contributed by atoms with Gasteiger partial charge in [-0.15, -0.1) is 6.04 Å². The number of nitrogens with one attached hydrogen (secondary N) is 1. The van der Waals surface area contributed by atoms with Gasteiger partial charge >= 0.3 is 0 Å². The molecule has 0 spiro atoms. The van der Waals surface area contributed by atoms with Crippen molar-refractivity contribution in [2.24, 2.45) is 0 Å². The summed E-state index contributed by atoms with van der Waals surface area (Å²) in [6.45, 7) is 0.510. The van der Waals surface area contributed by atoms with E-state index in [-0.39, 0.29) is 53.9 Å². The Bertz CT molecular complexity index is 1380. The maximum atomic E-state index is 13.6. The molecule has 4 unspecified atom stereocenters. The topological polar surface area (TPSA) is 204 Å². The molecule has 0 amide bonds. The Morgan fingerprint density at radius 3 is 2.45 bits per heavy atom. The summed E-state index contributed by atoms with van der Waals surface area (Å²) in [5, 5.41) is 53.6. The van der Waals surface area contributed by atoms with Gasteiger partial charge in [0.1, 0.15) is 29.5 Å². The molecular formula is C27H28NO11Zn-. The van der Waals surface area contributed by atoms with Crippen molar-refractivity contribution in [3.63, 3.8) is 0 Å². The van der Waals surface area contributed by atoms with Crippen molar-refractivity contribution in [1.29, 1.82) is 0 Å². The zero-order valence-electron chi connectivity index (χ0n) is 21.8. The summed E-state index contributed by atoms with van der Waals surface area (Å²) in [6.07, 6.45) is -5.53. The van der Waals surface area contributed by atoms with Gasteiger partial charge in [0.15, 0.2) is 17.9 Å². The Kier molecular flexibility index (Phi) is 8.23. The van der Waals surface area contributed by atoms with Crippen molar-refractivity contribution in [1.82, 2.24) is 0 Å². The molecule has 0 radical (unpaired) electrons. The number of rotatable bonds is 5. The van der Waals surface area contributed by atoms with Gasteiger partial charge in [-0.25, -0.2) is 0 Å². The van der Waals surface area contributed by atoms with E-state index < -0.39 is 95.7 Å². The molecule has 1 saturated heterocycles. The number of fused-ring (bicyclic) bond motifs is 3. The maximum absolute atomic E-state index is 13.6. The van der Waals surface area contributed by atoms with E-state index in [2.05, 4.69) is 0 Å². The minimum absolute atomic E-state index is 0. The maximum Gasteiger partial charge on any atom is 0.202 e. The molecule has 12 nitrogen and oxygen atoms in total. The zero-order chi connectivity index (χ0) is 28.4. The van der Waals surface area contributed by atoms with Gasteiger partial charge in [0.05, 0.1) is 42.1 Å². The van der Waals surface area contributed by atoms with Crippen LogP contribution in [0.25, 0.3) is 5.73 Å². The molecule has 2 aromatic rings. The van der Waals surface area contributed by atoms with Crippen LogP contribution in [0, 0.1) is 0 Å². The van der Waals surface area contributed by atoms with E-state index in [0.717, 1.165) is 0 Å². The number of hydrogen-bond acceptors (Lipinski definition) is 11. The number of Topliss-reactive ketones (excluding diaryl/α,β-unsaturated/α-hetero) is 1. The third kappa shape index (κ3) is 4.55. The largest absolute Gasteiger partial charge is 0.672 e. The molecule has 0 aromatic heterocycles. The summed E-state index contributed by atoms with van der Waals surface area (Å²) in [6, 6.07) is 3.37. The molecular weight excluding hydrogens is 580 g/mol. The van der Waals surface area contributed by atoms with Crippen LogP contribution in [0.4, 0.5) is 0 Å². The van der Waals surface area contributed by atoms with Crippen LogP contribution in [-0.4, -0.2) is 86.7 Å². The number of hydrogen-bond donors (Lipinski definition) is 5. The summed E-state index contributed by atoms with van der Waals surface area (Å²) >= 11 is 0. The van der Waals surface area contributed by atoms with E-state index in [1.54, 1.807) is 0 Å². The van der Waals surface area contributed by atoms with E-state index in [1.165, 1.54) is 32.2 Å². The Labute approximate surface area is 241 Å². The van der Waals surface area contributed by atoms with E-state index in [1.807, 2.05) is 0 Å². The molecule has 5 rings (SSSR count). The zero-order valence-corrected chi connectivity index (χ0v) is 24.8. The van der Waals surface area contributed by atoms with Gasteiger partial charge in [0, 0.05) is 49.0 Å². The standard InChI is InChI=1S/C27H28NO11.Zn/c1-10-22(31)13(28)6-17(38-10)39-15-8-27(36,16(30)9-29)7-12-19(15)26(35)21-20(24(12)33)23(32)11-4-3-5-14(37-2)18(11)25(21)34;/h3-5,10,13,15,17,22,28-29,31,33,35-36H,6-9H2,1-2H3;/q-1;/t10?,13?,15-,17?,22?,27-;/m0./s1. The number of carbonyl (C=O) groups excluding carboxylic acids is 3. The molecule has 0 bridgehead atoms. The first-order valence-corrected chi connectivity index (χ1v) is 12.4. The van der Waals surface area contributed by atoms with Crippen LogP contribution in [0.3, 0.4) is 0 Å². The van der Waals surface area contributed by atoms with Crippen molar-refractivity contribution in [2.75, 3.05) is 13.7 Å². The quantitative estimate of drug-likeness (QED) is 0.205. The van der Waals surface area contributed by atoms with Gasteiger partial charge in [-0.2, -0.15) is 0 Å². The average Bonchev–Trinajstić information content (AvgIpc) is 2.90. The Morgan fingerprint density at radius 2 is 1.82 bits per heavy atom. The monoisotopic (exact) mass is 606 g/mol. The van der Waals surface area contributed by atoms with Crippen LogP contribution in [0.1, 0.15) is 68.8 Å². The molecule has 2 aromatic carbocycles. The second kappa shape index (κ2) is 10.9. The van der Waals surface area contributed by atoms with Crippen LogP contribution in [0.15, 0.2) is 18.2 Å². The number of aliphatic hydroxyl groups is 3. The summed E-state index contributed by atoms with van der Waals surface area (Å²) in [5.41, 5.74) is 4.39. The number of benzene rings is 2. The van der Waals surface area contributed by atoms with Crippen molar-refractivity contribution in [3.8, 4) is 17.2 Å². The molecule has 6 atom stereocenters. The molecule has 40 heavy (non-hydrogen) atoms. The van der Waals surface area contributed by atoms with Gasteiger partial charge in [-0.1, -0.05) is 12.1 Å². The molecule has 13 heteroatoms. The molecule has 1 heterocycles. The third-order valence-electron chi connectivity index (χ3n) is 7.76. The number of ketones is 3. The summed E-state index contributed by atoms with van der Waals surface area (Å²) < 4.78 is 16.9. The first-order chi connectivity index (χ1) is 18.4. The summed E-state index contributed by atoms with van der Waals surface area (Å²) in [4.78, 5) is 39.7. The van der Waals surface area contributed by atoms with Crippen LogP contribution in [0.2, 0.25) is 0 Å². The smallest absolute Gasteiger partial charge is 0.202 e. The minimum atomic E-state index is -2.26. The van der Waals surface area contributed by atoms with Crippen molar-refractivity contribution in [3.05, 3.63) is 57.3 Å². The molecule has 1 aliphatic heterocycles. The first kappa shape index (κ1) is 30.2. The van der Waals surface area contributed by atoms with Crippen molar-refractivity contribution in [2.45, 2.75) is 62.4 Å². The minimum Gasteiger partial charge on any atom is -0.672 e. The molecule has 6 N–H and O–H groups in total.